The molecule has 0 heterocycles. The van der Waals surface area contributed by atoms with Crippen molar-refractivity contribution >= 4 is 17.1 Å². The molecule has 7 aromatic rings. The van der Waals surface area contributed by atoms with Gasteiger partial charge in [0.25, 0.3) is 0 Å². The van der Waals surface area contributed by atoms with Crippen LogP contribution in [0.4, 0.5) is 17.1 Å². The molecule has 0 bridgehead atoms. The summed E-state index contributed by atoms with van der Waals surface area (Å²) in [6.07, 6.45) is 8.97. The SMILES string of the molecule is CC1C=CC=CC1c1ccc(N(c2ccc(-c3ccccc3)cc2)c2ccc3c(c2)C2(c4ccccc4-c4ccccc42)c2ccccc2-3)cc1. The molecule has 10 rings (SSSR count). The zero-order valence-corrected chi connectivity index (χ0v) is 28.6. The molecule has 0 aromatic heterocycles. The molecule has 0 N–H and O–H groups in total. The van der Waals surface area contributed by atoms with Crippen molar-refractivity contribution in [1.82, 2.24) is 0 Å². The monoisotopic (exact) mass is 651 g/mol. The summed E-state index contributed by atoms with van der Waals surface area (Å²) in [5, 5.41) is 0. The van der Waals surface area contributed by atoms with Crippen LogP contribution in [0.1, 0.15) is 40.7 Å². The van der Waals surface area contributed by atoms with Crippen LogP contribution in [0.2, 0.25) is 0 Å². The molecule has 51 heavy (non-hydrogen) atoms. The molecule has 2 atom stereocenters. The van der Waals surface area contributed by atoms with E-state index in [9.17, 15) is 0 Å². The van der Waals surface area contributed by atoms with Gasteiger partial charge in [-0.05, 0) is 104 Å². The second-order valence-electron chi connectivity index (χ2n) is 14.1. The molecule has 1 spiro atoms. The van der Waals surface area contributed by atoms with Crippen molar-refractivity contribution in [3.63, 3.8) is 0 Å². The van der Waals surface area contributed by atoms with Crippen LogP contribution in [-0.2, 0) is 5.41 Å². The van der Waals surface area contributed by atoms with Crippen LogP contribution in [-0.4, -0.2) is 0 Å². The molecule has 1 nitrogen and oxygen atoms in total. The van der Waals surface area contributed by atoms with Crippen LogP contribution in [0, 0.1) is 5.92 Å². The lowest BCUT2D eigenvalue weighted by Gasteiger charge is -2.32. The first-order valence-electron chi connectivity index (χ1n) is 18.1. The van der Waals surface area contributed by atoms with Gasteiger partial charge in [0.05, 0.1) is 5.41 Å². The van der Waals surface area contributed by atoms with Crippen molar-refractivity contribution < 1.29 is 0 Å². The Morgan fingerprint density at radius 1 is 0.412 bits per heavy atom. The molecule has 1 heteroatoms. The summed E-state index contributed by atoms with van der Waals surface area (Å²) in [6, 6.07) is 63.2. The number of hydrogen-bond donors (Lipinski definition) is 0. The maximum atomic E-state index is 2.48. The third-order valence-corrected chi connectivity index (χ3v) is 11.4. The van der Waals surface area contributed by atoms with E-state index in [0.717, 1.165) is 17.1 Å². The summed E-state index contributed by atoms with van der Waals surface area (Å²) in [5.41, 5.74) is 17.5. The molecule has 242 valence electrons. The van der Waals surface area contributed by atoms with Gasteiger partial charge >= 0.3 is 0 Å². The molecule has 3 aliphatic rings. The molecule has 0 amide bonds. The van der Waals surface area contributed by atoms with Crippen LogP contribution in [0.5, 0.6) is 0 Å². The van der Waals surface area contributed by atoms with Gasteiger partial charge in [0, 0.05) is 23.0 Å². The number of allylic oxidation sites excluding steroid dienone is 4. The van der Waals surface area contributed by atoms with Gasteiger partial charge < -0.3 is 4.90 Å². The van der Waals surface area contributed by atoms with Crippen molar-refractivity contribution in [2.45, 2.75) is 18.3 Å². The summed E-state index contributed by atoms with van der Waals surface area (Å²) in [6.45, 7) is 2.30. The summed E-state index contributed by atoms with van der Waals surface area (Å²) >= 11 is 0. The molecule has 2 unspecified atom stereocenters. The Hall–Kier alpha value is -6.18. The van der Waals surface area contributed by atoms with Crippen LogP contribution >= 0.6 is 0 Å². The Balaban J connectivity index is 1.17. The summed E-state index contributed by atoms with van der Waals surface area (Å²) < 4.78 is 0. The summed E-state index contributed by atoms with van der Waals surface area (Å²) in [4.78, 5) is 2.43. The van der Waals surface area contributed by atoms with Crippen LogP contribution in [0.25, 0.3) is 33.4 Å². The van der Waals surface area contributed by atoms with E-state index in [1.54, 1.807) is 0 Å². The predicted octanol–water partition coefficient (Wildman–Crippen LogP) is 13.0. The van der Waals surface area contributed by atoms with Crippen molar-refractivity contribution in [2.24, 2.45) is 5.92 Å². The van der Waals surface area contributed by atoms with E-state index in [1.807, 2.05) is 0 Å². The lowest BCUT2D eigenvalue weighted by atomic mass is 9.70. The fourth-order valence-corrected chi connectivity index (χ4v) is 9.08. The molecule has 0 aliphatic heterocycles. The highest BCUT2D eigenvalue weighted by Crippen LogP contribution is 2.63. The highest BCUT2D eigenvalue weighted by molar-refractivity contribution is 5.96. The van der Waals surface area contributed by atoms with E-state index < -0.39 is 5.41 Å². The van der Waals surface area contributed by atoms with Gasteiger partial charge in [-0.25, -0.2) is 0 Å². The van der Waals surface area contributed by atoms with E-state index in [2.05, 4.69) is 206 Å². The summed E-state index contributed by atoms with van der Waals surface area (Å²) in [5.74, 6) is 0.845. The third-order valence-electron chi connectivity index (χ3n) is 11.4. The zero-order valence-electron chi connectivity index (χ0n) is 28.6. The normalized spacial score (nSPS) is 17.1. The Kier molecular flexibility index (Phi) is 6.82. The van der Waals surface area contributed by atoms with E-state index in [1.165, 1.54) is 61.2 Å². The molecule has 0 saturated carbocycles. The number of anilines is 3. The third kappa shape index (κ3) is 4.48. The molecule has 0 fully saturated rings. The first-order valence-corrected chi connectivity index (χ1v) is 18.1. The molecule has 3 aliphatic carbocycles. The Bertz CT molecular complexity index is 2420. The average molecular weight is 652 g/mol. The minimum atomic E-state index is -0.390. The maximum Gasteiger partial charge on any atom is 0.0726 e. The Labute approximate surface area is 300 Å². The van der Waals surface area contributed by atoms with E-state index in [0.29, 0.717) is 11.8 Å². The van der Waals surface area contributed by atoms with Crippen molar-refractivity contribution in [2.75, 3.05) is 4.90 Å². The van der Waals surface area contributed by atoms with Gasteiger partial charge in [-0.2, -0.15) is 0 Å². The van der Waals surface area contributed by atoms with Crippen molar-refractivity contribution in [3.8, 4) is 33.4 Å². The van der Waals surface area contributed by atoms with E-state index in [4.69, 9.17) is 0 Å². The summed E-state index contributed by atoms with van der Waals surface area (Å²) in [7, 11) is 0. The molecule has 7 aromatic carbocycles. The topological polar surface area (TPSA) is 3.24 Å². The van der Waals surface area contributed by atoms with Gasteiger partial charge in [0.1, 0.15) is 0 Å². The minimum Gasteiger partial charge on any atom is -0.310 e. The maximum absolute atomic E-state index is 2.48. The van der Waals surface area contributed by atoms with Gasteiger partial charge in [0.2, 0.25) is 0 Å². The largest absolute Gasteiger partial charge is 0.310 e. The first-order chi connectivity index (χ1) is 25.2. The van der Waals surface area contributed by atoms with Crippen molar-refractivity contribution in [3.05, 3.63) is 222 Å². The van der Waals surface area contributed by atoms with E-state index >= 15 is 0 Å². The number of rotatable bonds is 5. The highest BCUT2D eigenvalue weighted by atomic mass is 15.1. The Morgan fingerprint density at radius 2 is 0.882 bits per heavy atom. The smallest absolute Gasteiger partial charge is 0.0726 e. The first kappa shape index (κ1) is 29.7. The lowest BCUT2D eigenvalue weighted by Crippen LogP contribution is -2.26. The fourth-order valence-electron chi connectivity index (χ4n) is 9.08. The molecular weight excluding hydrogens is 615 g/mol. The van der Waals surface area contributed by atoms with Crippen LogP contribution < -0.4 is 4.90 Å². The number of nitrogens with zero attached hydrogens (tertiary/aromatic N) is 1. The van der Waals surface area contributed by atoms with Crippen molar-refractivity contribution in [1.29, 1.82) is 0 Å². The molecule has 0 radical (unpaired) electrons. The average Bonchev–Trinajstić information content (AvgIpc) is 3.66. The van der Waals surface area contributed by atoms with Gasteiger partial charge in [-0.15, -0.1) is 0 Å². The fraction of sp³-hybridized carbons (Fsp3) is 0.0800. The Morgan fingerprint density at radius 3 is 1.47 bits per heavy atom. The number of hydrogen-bond acceptors (Lipinski definition) is 1. The second kappa shape index (κ2) is 11.7. The second-order valence-corrected chi connectivity index (χ2v) is 14.1. The van der Waals surface area contributed by atoms with Gasteiger partial charge in [-0.3, -0.25) is 0 Å². The van der Waals surface area contributed by atoms with Crippen LogP contribution in [0.15, 0.2) is 194 Å². The van der Waals surface area contributed by atoms with Gasteiger partial charge in [-0.1, -0.05) is 165 Å². The van der Waals surface area contributed by atoms with Crippen LogP contribution in [0.3, 0.4) is 0 Å². The highest BCUT2D eigenvalue weighted by Gasteiger charge is 2.51. The lowest BCUT2D eigenvalue weighted by molar-refractivity contribution is 0.635. The standard InChI is InChI=1S/C50H37N/c1-34-13-5-6-16-41(34)37-25-29-39(30-26-37)51(38-27-23-36(24-28-38)35-14-3-2-4-15-35)40-31-32-45-44-19-9-12-22-48(44)50(49(45)33-40)46-20-10-7-17-42(46)43-18-8-11-21-47(43)50/h2-34,41H,1H3. The predicted molar refractivity (Wildman–Crippen MR) is 213 cm³/mol. The minimum absolute atomic E-state index is 0.378. The number of benzene rings is 7. The zero-order chi connectivity index (χ0) is 33.9. The van der Waals surface area contributed by atoms with E-state index in [-0.39, 0.29) is 0 Å². The number of fused-ring (bicyclic) bond motifs is 10. The van der Waals surface area contributed by atoms with Gasteiger partial charge in [0.15, 0.2) is 0 Å². The quantitative estimate of drug-likeness (QED) is 0.179. The molecule has 0 saturated heterocycles. The molecular formula is C50H37N.